The number of fused-ring (bicyclic) bond motifs is 1. The fourth-order valence-corrected chi connectivity index (χ4v) is 2.60. The van der Waals surface area contributed by atoms with Crippen LogP contribution in [0.15, 0.2) is 10.9 Å². The van der Waals surface area contributed by atoms with Gasteiger partial charge in [0.15, 0.2) is 0 Å². The van der Waals surface area contributed by atoms with Gasteiger partial charge < -0.3 is 10.3 Å². The number of nitrogens with one attached hydrogen (secondary N) is 2. The summed E-state index contributed by atoms with van der Waals surface area (Å²) in [4.78, 5) is 17.5. The van der Waals surface area contributed by atoms with Crippen molar-refractivity contribution < 1.29 is 0 Å². The van der Waals surface area contributed by atoms with Crippen LogP contribution in [0.5, 0.6) is 0 Å². The van der Waals surface area contributed by atoms with Gasteiger partial charge in [-0.05, 0) is 32.5 Å². The van der Waals surface area contributed by atoms with Crippen molar-refractivity contribution in [3.8, 4) is 6.07 Å². The third kappa shape index (κ3) is 3.09. The van der Waals surface area contributed by atoms with Gasteiger partial charge in [-0.2, -0.15) is 5.26 Å². The van der Waals surface area contributed by atoms with Gasteiger partial charge in [-0.15, -0.1) is 0 Å². The van der Waals surface area contributed by atoms with Crippen molar-refractivity contribution in [2.75, 3.05) is 13.6 Å². The van der Waals surface area contributed by atoms with Gasteiger partial charge in [-0.25, -0.2) is 0 Å². The van der Waals surface area contributed by atoms with Gasteiger partial charge in [-0.1, -0.05) is 0 Å². The molecule has 0 saturated heterocycles. The molecule has 0 saturated carbocycles. The van der Waals surface area contributed by atoms with E-state index in [-0.39, 0.29) is 11.6 Å². The van der Waals surface area contributed by atoms with Crippen molar-refractivity contribution in [1.82, 2.24) is 15.2 Å². The predicted molar refractivity (Wildman–Crippen MR) is 78.5 cm³/mol. The lowest BCUT2D eigenvalue weighted by atomic mass is 10.00. The van der Waals surface area contributed by atoms with Crippen LogP contribution in [0.25, 0.3) is 0 Å². The molecule has 2 rings (SSSR count). The van der Waals surface area contributed by atoms with E-state index in [0.717, 1.165) is 25.2 Å². The zero-order valence-corrected chi connectivity index (χ0v) is 12.4. The number of aromatic amines is 1. The van der Waals surface area contributed by atoms with E-state index in [2.05, 4.69) is 35.1 Å². The standard InChI is InChI=1S/C15H22N4O/c1-10(2)19-5-4-14-12(9-19)6-11(15(20)18-14)7-13(8-16)17-3/h6,10,13,17H,4-5,7,9H2,1-3H3,(H,18,20). The first-order valence-electron chi connectivity index (χ1n) is 7.10. The van der Waals surface area contributed by atoms with E-state index in [4.69, 9.17) is 5.26 Å². The first-order valence-corrected chi connectivity index (χ1v) is 7.10. The molecule has 1 unspecified atom stereocenters. The van der Waals surface area contributed by atoms with E-state index in [9.17, 15) is 4.79 Å². The Morgan fingerprint density at radius 3 is 2.90 bits per heavy atom. The van der Waals surface area contributed by atoms with Gasteiger partial charge in [0.2, 0.25) is 0 Å². The van der Waals surface area contributed by atoms with Crippen molar-refractivity contribution in [3.05, 3.63) is 33.2 Å². The lowest BCUT2D eigenvalue weighted by Crippen LogP contribution is -2.38. The van der Waals surface area contributed by atoms with Gasteiger partial charge in [0, 0.05) is 43.2 Å². The second kappa shape index (κ2) is 6.21. The number of pyridine rings is 1. The first-order chi connectivity index (χ1) is 9.55. The Labute approximate surface area is 119 Å². The maximum atomic E-state index is 12.1. The summed E-state index contributed by atoms with van der Waals surface area (Å²) in [6.45, 7) is 6.22. The second-order valence-corrected chi connectivity index (χ2v) is 5.62. The zero-order chi connectivity index (χ0) is 14.7. The molecule has 1 aliphatic heterocycles. The molecule has 5 nitrogen and oxygen atoms in total. The second-order valence-electron chi connectivity index (χ2n) is 5.62. The molecule has 0 fully saturated rings. The summed E-state index contributed by atoms with van der Waals surface area (Å²) < 4.78 is 0. The van der Waals surface area contributed by atoms with Crippen LogP contribution in [-0.2, 0) is 19.4 Å². The van der Waals surface area contributed by atoms with Crippen LogP contribution in [0.4, 0.5) is 0 Å². The van der Waals surface area contributed by atoms with Crippen molar-refractivity contribution in [2.45, 2.75) is 45.3 Å². The predicted octanol–water partition coefficient (Wildman–Crippen LogP) is 0.795. The molecule has 0 aromatic carbocycles. The number of hydrogen-bond donors (Lipinski definition) is 2. The highest BCUT2D eigenvalue weighted by Crippen LogP contribution is 2.18. The molecule has 2 heterocycles. The summed E-state index contributed by atoms with van der Waals surface area (Å²) in [6, 6.07) is 4.32. The highest BCUT2D eigenvalue weighted by Gasteiger charge is 2.20. The third-order valence-electron chi connectivity index (χ3n) is 3.97. The van der Waals surface area contributed by atoms with Gasteiger partial charge in [0.25, 0.3) is 5.56 Å². The van der Waals surface area contributed by atoms with E-state index in [1.54, 1.807) is 7.05 Å². The minimum Gasteiger partial charge on any atom is -0.326 e. The maximum absolute atomic E-state index is 12.1. The van der Waals surface area contributed by atoms with Gasteiger partial charge in [-0.3, -0.25) is 9.69 Å². The quantitative estimate of drug-likeness (QED) is 0.851. The van der Waals surface area contributed by atoms with Crippen LogP contribution in [0.3, 0.4) is 0 Å². The number of nitriles is 1. The Balaban J connectivity index is 2.27. The summed E-state index contributed by atoms with van der Waals surface area (Å²) in [5.41, 5.74) is 2.87. The summed E-state index contributed by atoms with van der Waals surface area (Å²) >= 11 is 0. The molecule has 1 aliphatic rings. The van der Waals surface area contributed by atoms with Gasteiger partial charge >= 0.3 is 0 Å². The largest absolute Gasteiger partial charge is 0.326 e. The summed E-state index contributed by atoms with van der Waals surface area (Å²) in [7, 11) is 1.74. The summed E-state index contributed by atoms with van der Waals surface area (Å²) in [5.74, 6) is 0. The Hall–Kier alpha value is -1.64. The number of nitrogens with zero attached hydrogens (tertiary/aromatic N) is 2. The van der Waals surface area contributed by atoms with Crippen LogP contribution in [-0.4, -0.2) is 35.6 Å². The highest BCUT2D eigenvalue weighted by atomic mass is 16.1. The molecular weight excluding hydrogens is 252 g/mol. The molecule has 0 bridgehead atoms. The summed E-state index contributed by atoms with van der Waals surface area (Å²) in [6.07, 6.45) is 1.33. The average Bonchev–Trinajstić information content (AvgIpc) is 2.44. The molecule has 1 atom stereocenters. The molecule has 0 spiro atoms. The van der Waals surface area contributed by atoms with Crippen LogP contribution in [0, 0.1) is 11.3 Å². The van der Waals surface area contributed by atoms with E-state index in [0.29, 0.717) is 18.0 Å². The number of rotatable bonds is 4. The van der Waals surface area contributed by atoms with E-state index in [1.807, 2.05) is 6.07 Å². The van der Waals surface area contributed by atoms with Crippen molar-refractivity contribution in [2.24, 2.45) is 0 Å². The molecule has 0 amide bonds. The van der Waals surface area contributed by atoms with Crippen molar-refractivity contribution in [3.63, 3.8) is 0 Å². The molecule has 0 radical (unpaired) electrons. The lowest BCUT2D eigenvalue weighted by molar-refractivity contribution is 0.201. The molecule has 0 aliphatic carbocycles. The Bertz CT molecular complexity index is 570. The fraction of sp³-hybridized carbons (Fsp3) is 0.600. The number of aromatic nitrogens is 1. The van der Waals surface area contributed by atoms with Crippen LogP contribution in [0.2, 0.25) is 0 Å². The Morgan fingerprint density at radius 2 is 2.30 bits per heavy atom. The monoisotopic (exact) mass is 274 g/mol. The van der Waals surface area contributed by atoms with Crippen molar-refractivity contribution >= 4 is 0 Å². The Morgan fingerprint density at radius 1 is 1.55 bits per heavy atom. The molecular formula is C15H22N4O. The maximum Gasteiger partial charge on any atom is 0.251 e. The molecule has 1 aromatic rings. The third-order valence-corrected chi connectivity index (χ3v) is 3.97. The van der Waals surface area contributed by atoms with Crippen LogP contribution in [0.1, 0.15) is 30.7 Å². The molecule has 20 heavy (non-hydrogen) atoms. The number of hydrogen-bond acceptors (Lipinski definition) is 4. The SMILES string of the molecule is CNC(C#N)Cc1cc2c([nH]c1=O)CCN(C(C)C)C2. The molecule has 1 aromatic heterocycles. The zero-order valence-electron chi connectivity index (χ0n) is 12.4. The Kier molecular flexibility index (Phi) is 4.58. The minimum absolute atomic E-state index is 0.0581. The van der Waals surface area contributed by atoms with E-state index in [1.165, 1.54) is 5.56 Å². The number of likely N-dealkylation sites (N-methyl/N-ethyl adjacent to an activating group) is 1. The minimum atomic E-state index is -0.320. The van der Waals surface area contributed by atoms with Gasteiger partial charge in [0.1, 0.15) is 0 Å². The lowest BCUT2D eigenvalue weighted by Gasteiger charge is -2.31. The topological polar surface area (TPSA) is 71.9 Å². The molecule has 108 valence electrons. The smallest absolute Gasteiger partial charge is 0.251 e. The normalized spacial score (nSPS) is 16.8. The molecule has 5 heteroatoms. The van der Waals surface area contributed by atoms with Crippen LogP contribution >= 0.6 is 0 Å². The van der Waals surface area contributed by atoms with Crippen LogP contribution < -0.4 is 10.9 Å². The highest BCUT2D eigenvalue weighted by molar-refractivity contribution is 5.28. The fourth-order valence-electron chi connectivity index (χ4n) is 2.60. The summed E-state index contributed by atoms with van der Waals surface area (Å²) in [5, 5.41) is 11.9. The molecule has 2 N–H and O–H groups in total. The van der Waals surface area contributed by atoms with Gasteiger partial charge in [0.05, 0.1) is 12.1 Å². The number of H-pyrrole nitrogens is 1. The van der Waals surface area contributed by atoms with E-state index >= 15 is 0 Å². The average molecular weight is 274 g/mol. The first kappa shape index (κ1) is 14.8. The van der Waals surface area contributed by atoms with Crippen molar-refractivity contribution in [1.29, 1.82) is 5.26 Å². The van der Waals surface area contributed by atoms with E-state index < -0.39 is 0 Å².